The molecule has 1 aliphatic carbocycles. The molecule has 7 heteroatoms. The Morgan fingerprint density at radius 2 is 1.88 bits per heavy atom. The van der Waals surface area contributed by atoms with Crippen molar-refractivity contribution in [3.8, 4) is 5.75 Å². The molecule has 1 atom stereocenters. The molecule has 3 rings (SSSR count). The van der Waals surface area contributed by atoms with Crippen LogP contribution >= 0.6 is 11.6 Å². The number of rotatable bonds is 3. The lowest BCUT2D eigenvalue weighted by Crippen LogP contribution is -2.45. The maximum atomic E-state index is 12.4. The summed E-state index contributed by atoms with van der Waals surface area (Å²) in [6.45, 7) is 0.604. The number of benzene rings is 1. The Hall–Kier alpha value is -1.95. The molecule has 1 fully saturated rings. The Bertz CT molecular complexity index is 644. The third-order valence-electron chi connectivity index (χ3n) is 4.96. The summed E-state index contributed by atoms with van der Waals surface area (Å²) in [5.74, 6) is -0.300. The fourth-order valence-corrected chi connectivity index (χ4v) is 3.73. The second kappa shape index (κ2) is 7.95. The first-order valence-electron chi connectivity index (χ1n) is 8.75. The molecule has 0 saturated heterocycles. The van der Waals surface area contributed by atoms with E-state index in [2.05, 4.69) is 10.6 Å². The van der Waals surface area contributed by atoms with Crippen molar-refractivity contribution in [2.45, 2.75) is 50.6 Å². The van der Waals surface area contributed by atoms with Gasteiger partial charge < -0.3 is 20.5 Å². The van der Waals surface area contributed by atoms with E-state index < -0.39 is 5.97 Å². The van der Waals surface area contributed by atoms with Gasteiger partial charge in [-0.1, -0.05) is 17.7 Å². The monoisotopic (exact) mass is 366 g/mol. The summed E-state index contributed by atoms with van der Waals surface area (Å²) in [6.07, 6.45) is 4.27. The summed E-state index contributed by atoms with van der Waals surface area (Å²) >= 11 is 6.02. The lowest BCUT2D eigenvalue weighted by Gasteiger charge is -2.28. The molecule has 2 aliphatic rings. The van der Waals surface area contributed by atoms with Crippen molar-refractivity contribution in [3.05, 3.63) is 28.8 Å². The van der Waals surface area contributed by atoms with Crippen LogP contribution in [0.25, 0.3) is 0 Å². The van der Waals surface area contributed by atoms with Gasteiger partial charge in [-0.15, -0.1) is 0 Å². The average molecular weight is 367 g/mol. The number of amides is 2. The Morgan fingerprint density at radius 3 is 2.60 bits per heavy atom. The minimum atomic E-state index is -0.739. The van der Waals surface area contributed by atoms with E-state index >= 15 is 0 Å². The molecule has 1 heterocycles. The standard InChI is InChI=1S/C18H23ClN2O4/c19-12-5-8-14-15(2-1-9-25-16(14)10-12)21-18(24)20-13-6-3-11(4-7-13)17(22)23/h5,8,10-11,13,15H,1-4,6-7,9H2,(H,22,23)(H2,20,21,24). The first-order chi connectivity index (χ1) is 12.0. The van der Waals surface area contributed by atoms with E-state index in [1.54, 1.807) is 12.1 Å². The molecule has 2 amide bonds. The smallest absolute Gasteiger partial charge is 0.315 e. The molecule has 0 aromatic heterocycles. The Morgan fingerprint density at radius 1 is 1.12 bits per heavy atom. The minimum Gasteiger partial charge on any atom is -0.493 e. The summed E-state index contributed by atoms with van der Waals surface area (Å²) in [5.41, 5.74) is 0.937. The Balaban J connectivity index is 1.57. The summed E-state index contributed by atoms with van der Waals surface area (Å²) < 4.78 is 5.71. The highest BCUT2D eigenvalue weighted by atomic mass is 35.5. The minimum absolute atomic E-state index is 0.0299. The second-order valence-corrected chi connectivity index (χ2v) is 7.17. The summed E-state index contributed by atoms with van der Waals surface area (Å²) in [6, 6.07) is 5.17. The number of nitrogens with one attached hydrogen (secondary N) is 2. The lowest BCUT2D eigenvalue weighted by molar-refractivity contribution is -0.142. The molecule has 3 N–H and O–H groups in total. The number of halogens is 1. The summed E-state index contributed by atoms with van der Waals surface area (Å²) in [5, 5.41) is 15.7. The van der Waals surface area contributed by atoms with Crippen LogP contribution in [0.5, 0.6) is 5.75 Å². The van der Waals surface area contributed by atoms with Gasteiger partial charge in [0.1, 0.15) is 5.75 Å². The SMILES string of the molecule is O=C(NC1CCC(C(=O)O)CC1)NC1CCCOc2cc(Cl)ccc21. The van der Waals surface area contributed by atoms with Crippen LogP contribution in [-0.2, 0) is 4.79 Å². The van der Waals surface area contributed by atoms with Gasteiger partial charge in [0.25, 0.3) is 0 Å². The van der Waals surface area contributed by atoms with E-state index in [0.29, 0.717) is 37.3 Å². The van der Waals surface area contributed by atoms with Gasteiger partial charge in [-0.25, -0.2) is 4.79 Å². The van der Waals surface area contributed by atoms with Crippen molar-refractivity contribution in [1.29, 1.82) is 0 Å². The topological polar surface area (TPSA) is 87.7 Å². The third kappa shape index (κ3) is 4.57. The first kappa shape index (κ1) is 17.9. The van der Waals surface area contributed by atoms with Crippen molar-refractivity contribution >= 4 is 23.6 Å². The zero-order valence-electron chi connectivity index (χ0n) is 14.0. The number of carboxylic acids is 1. The van der Waals surface area contributed by atoms with Crippen molar-refractivity contribution in [1.82, 2.24) is 10.6 Å². The first-order valence-corrected chi connectivity index (χ1v) is 9.13. The highest BCUT2D eigenvalue weighted by Gasteiger charge is 2.28. The molecular formula is C18H23ClN2O4. The van der Waals surface area contributed by atoms with Gasteiger partial charge in [0.05, 0.1) is 18.6 Å². The van der Waals surface area contributed by atoms with Crippen molar-refractivity contribution in [3.63, 3.8) is 0 Å². The van der Waals surface area contributed by atoms with E-state index in [0.717, 1.165) is 24.2 Å². The predicted molar refractivity (Wildman–Crippen MR) is 94.0 cm³/mol. The molecule has 1 aromatic carbocycles. The van der Waals surface area contributed by atoms with Gasteiger partial charge in [0, 0.05) is 16.6 Å². The number of urea groups is 1. The van der Waals surface area contributed by atoms with E-state index in [4.69, 9.17) is 21.4 Å². The Kier molecular flexibility index (Phi) is 5.68. The maximum absolute atomic E-state index is 12.4. The van der Waals surface area contributed by atoms with Crippen LogP contribution < -0.4 is 15.4 Å². The largest absolute Gasteiger partial charge is 0.493 e. The molecule has 0 spiro atoms. The van der Waals surface area contributed by atoms with E-state index in [1.165, 1.54) is 0 Å². The Labute approximate surface area is 151 Å². The summed E-state index contributed by atoms with van der Waals surface area (Å²) in [7, 11) is 0. The third-order valence-corrected chi connectivity index (χ3v) is 5.20. The molecular weight excluding hydrogens is 344 g/mol. The number of carbonyl (C=O) groups is 2. The van der Waals surface area contributed by atoms with Crippen molar-refractivity contribution in [2.24, 2.45) is 5.92 Å². The normalized spacial score (nSPS) is 25.9. The van der Waals surface area contributed by atoms with Gasteiger partial charge in [0.15, 0.2) is 0 Å². The molecule has 0 radical (unpaired) electrons. The number of carboxylic acid groups (broad SMARTS) is 1. The zero-order valence-corrected chi connectivity index (χ0v) is 14.7. The van der Waals surface area contributed by atoms with Crippen LogP contribution in [0.15, 0.2) is 18.2 Å². The van der Waals surface area contributed by atoms with Gasteiger partial charge >= 0.3 is 12.0 Å². The number of hydrogen-bond donors (Lipinski definition) is 3. The fraction of sp³-hybridized carbons (Fsp3) is 0.556. The quantitative estimate of drug-likeness (QED) is 0.764. The molecule has 136 valence electrons. The van der Waals surface area contributed by atoms with Crippen LogP contribution in [0.1, 0.15) is 50.1 Å². The molecule has 25 heavy (non-hydrogen) atoms. The van der Waals surface area contributed by atoms with Crippen molar-refractivity contribution in [2.75, 3.05) is 6.61 Å². The van der Waals surface area contributed by atoms with Gasteiger partial charge in [0.2, 0.25) is 0 Å². The number of ether oxygens (including phenoxy) is 1. The second-order valence-electron chi connectivity index (χ2n) is 6.73. The zero-order chi connectivity index (χ0) is 17.8. The number of fused-ring (bicyclic) bond motifs is 1. The van der Waals surface area contributed by atoms with Crippen LogP contribution in [-0.4, -0.2) is 29.8 Å². The molecule has 1 unspecified atom stereocenters. The number of aliphatic carboxylic acids is 1. The summed E-state index contributed by atoms with van der Waals surface area (Å²) in [4.78, 5) is 23.4. The van der Waals surface area contributed by atoms with Gasteiger partial charge in [-0.05, 0) is 50.7 Å². The van der Waals surface area contributed by atoms with E-state index in [-0.39, 0.29) is 24.0 Å². The molecule has 1 aliphatic heterocycles. The maximum Gasteiger partial charge on any atom is 0.315 e. The molecule has 1 saturated carbocycles. The average Bonchev–Trinajstić information content (AvgIpc) is 2.77. The number of carbonyl (C=O) groups excluding carboxylic acids is 1. The molecule has 6 nitrogen and oxygen atoms in total. The van der Waals surface area contributed by atoms with Crippen LogP contribution in [0.4, 0.5) is 4.79 Å². The predicted octanol–water partition coefficient (Wildman–Crippen LogP) is 3.50. The van der Waals surface area contributed by atoms with E-state index in [9.17, 15) is 9.59 Å². The number of hydrogen-bond acceptors (Lipinski definition) is 3. The fourth-order valence-electron chi connectivity index (χ4n) is 3.57. The highest BCUT2D eigenvalue weighted by Crippen LogP contribution is 2.33. The van der Waals surface area contributed by atoms with Gasteiger partial charge in [-0.2, -0.15) is 0 Å². The molecule has 1 aromatic rings. The van der Waals surface area contributed by atoms with Crippen LogP contribution in [0, 0.1) is 5.92 Å². The molecule has 0 bridgehead atoms. The van der Waals surface area contributed by atoms with Gasteiger partial charge in [-0.3, -0.25) is 4.79 Å². The highest BCUT2D eigenvalue weighted by molar-refractivity contribution is 6.30. The van der Waals surface area contributed by atoms with Crippen LogP contribution in [0.2, 0.25) is 5.02 Å². The van der Waals surface area contributed by atoms with Crippen LogP contribution in [0.3, 0.4) is 0 Å². The lowest BCUT2D eigenvalue weighted by atomic mass is 9.86. The van der Waals surface area contributed by atoms with Crippen molar-refractivity contribution < 1.29 is 19.4 Å². The van der Waals surface area contributed by atoms with E-state index in [1.807, 2.05) is 6.07 Å².